The zero-order valence-corrected chi connectivity index (χ0v) is 48.4. The summed E-state index contributed by atoms with van der Waals surface area (Å²) >= 11 is 0. The van der Waals surface area contributed by atoms with Crippen LogP contribution in [-0.2, 0) is 4.79 Å². The Morgan fingerprint density at radius 1 is 0.347 bits per heavy atom. The molecule has 420 valence electrons. The smallest absolute Gasteiger partial charge is 0.220 e. The molecule has 0 fully saturated rings. The topological polar surface area (TPSA) is 69.6 Å². The minimum Gasteiger partial charge on any atom is -0.394 e. The number of aliphatic hydroxyl groups is 2. The van der Waals surface area contributed by atoms with Crippen LogP contribution >= 0.6 is 0 Å². The van der Waals surface area contributed by atoms with Gasteiger partial charge in [0.1, 0.15) is 0 Å². The van der Waals surface area contributed by atoms with Crippen LogP contribution in [0.15, 0.2) is 72.9 Å². The van der Waals surface area contributed by atoms with Gasteiger partial charge in [-0.2, -0.15) is 0 Å². The van der Waals surface area contributed by atoms with E-state index in [1.165, 1.54) is 244 Å². The van der Waals surface area contributed by atoms with E-state index in [1.807, 2.05) is 0 Å². The monoisotopic (exact) mass is 1000 g/mol. The molecule has 2 atom stereocenters. The molecule has 0 rings (SSSR count). The van der Waals surface area contributed by atoms with Gasteiger partial charge in [0.05, 0.1) is 18.8 Å². The Hall–Kier alpha value is -2.17. The van der Waals surface area contributed by atoms with Crippen molar-refractivity contribution in [3.63, 3.8) is 0 Å². The molecule has 0 bridgehead atoms. The van der Waals surface area contributed by atoms with Gasteiger partial charge in [0.25, 0.3) is 0 Å². The molecule has 1 amide bonds. The number of amides is 1. The molecule has 0 aliphatic carbocycles. The van der Waals surface area contributed by atoms with Crippen LogP contribution in [0.1, 0.15) is 335 Å². The Morgan fingerprint density at radius 2 is 0.611 bits per heavy atom. The summed E-state index contributed by atoms with van der Waals surface area (Å²) in [6.07, 6.45) is 90.7. The summed E-state index contributed by atoms with van der Waals surface area (Å²) in [7, 11) is 0. The molecule has 0 aromatic carbocycles. The summed E-state index contributed by atoms with van der Waals surface area (Å²) < 4.78 is 0. The highest BCUT2D eigenvalue weighted by atomic mass is 16.3. The van der Waals surface area contributed by atoms with Gasteiger partial charge in [-0.3, -0.25) is 4.79 Å². The number of aliphatic hydroxyl groups excluding tert-OH is 2. The maximum atomic E-state index is 12.5. The van der Waals surface area contributed by atoms with E-state index in [9.17, 15) is 15.0 Å². The number of nitrogens with one attached hydrogen (secondary N) is 1. The fourth-order valence-electron chi connectivity index (χ4n) is 9.90. The Balaban J connectivity index is 3.46. The molecular weight excluding hydrogens is 879 g/mol. The number of hydrogen-bond donors (Lipinski definition) is 3. The first-order valence-corrected chi connectivity index (χ1v) is 32.1. The number of carbonyl (C=O) groups is 1. The summed E-state index contributed by atoms with van der Waals surface area (Å²) in [5.41, 5.74) is 0. The molecule has 0 aliphatic rings. The van der Waals surface area contributed by atoms with Gasteiger partial charge in [-0.15, -0.1) is 0 Å². The van der Waals surface area contributed by atoms with E-state index in [0.29, 0.717) is 12.8 Å². The molecule has 3 N–H and O–H groups in total. The average Bonchev–Trinajstić information content (AvgIpc) is 3.39. The molecule has 0 saturated carbocycles. The van der Waals surface area contributed by atoms with Crippen molar-refractivity contribution in [2.75, 3.05) is 6.61 Å². The minimum atomic E-state index is -0.666. The van der Waals surface area contributed by atoms with E-state index in [-0.39, 0.29) is 12.5 Å². The average molecular weight is 1000 g/mol. The predicted molar refractivity (Wildman–Crippen MR) is 322 cm³/mol. The number of allylic oxidation sites excluding steroid dienone is 12. The Labute approximate surface area is 450 Å². The van der Waals surface area contributed by atoms with Crippen LogP contribution in [-0.4, -0.2) is 34.9 Å². The van der Waals surface area contributed by atoms with Gasteiger partial charge in [-0.1, -0.05) is 337 Å². The first kappa shape index (κ1) is 69.8. The number of hydrogen-bond acceptors (Lipinski definition) is 3. The van der Waals surface area contributed by atoms with E-state index in [1.54, 1.807) is 0 Å². The van der Waals surface area contributed by atoms with Crippen molar-refractivity contribution in [3.8, 4) is 0 Å². The Bertz CT molecular complexity index is 1230. The number of unbranched alkanes of at least 4 members (excludes halogenated alkanes) is 40. The summed E-state index contributed by atoms with van der Waals surface area (Å²) in [6.45, 7) is 4.27. The van der Waals surface area contributed by atoms with Gasteiger partial charge < -0.3 is 15.5 Å². The van der Waals surface area contributed by atoms with Crippen LogP contribution in [0.3, 0.4) is 0 Å². The largest absolute Gasteiger partial charge is 0.394 e. The Kier molecular flexibility index (Phi) is 61.2. The molecule has 4 nitrogen and oxygen atoms in total. The second-order valence-electron chi connectivity index (χ2n) is 21.8. The SMILES string of the molecule is CC/C=C\C/C=C\C/C=C\C/C=C\C/C=C\C/C=C\CCCCCCCCCCCCCCC(=O)NC(CO)C(O)CCCCCCCCCCCCCCCCCCCCCCCCCCCCCCC. The fourth-order valence-corrected chi connectivity index (χ4v) is 9.90. The van der Waals surface area contributed by atoms with Gasteiger partial charge in [0.15, 0.2) is 0 Å². The van der Waals surface area contributed by atoms with Gasteiger partial charge in [0.2, 0.25) is 5.91 Å². The molecule has 2 unspecified atom stereocenters. The predicted octanol–water partition coefficient (Wildman–Crippen LogP) is 21.7. The zero-order valence-electron chi connectivity index (χ0n) is 48.4. The van der Waals surface area contributed by atoms with Crippen LogP contribution < -0.4 is 5.32 Å². The number of rotatable bonds is 59. The fraction of sp³-hybridized carbons (Fsp3) is 0.809. The van der Waals surface area contributed by atoms with Gasteiger partial charge in [-0.25, -0.2) is 0 Å². The minimum absolute atomic E-state index is 0.0314. The van der Waals surface area contributed by atoms with Gasteiger partial charge in [-0.05, 0) is 64.2 Å². The molecule has 0 aromatic heterocycles. The quantitative estimate of drug-likeness (QED) is 0.0420. The van der Waals surface area contributed by atoms with E-state index >= 15 is 0 Å². The third-order valence-electron chi connectivity index (χ3n) is 14.7. The first-order chi connectivity index (χ1) is 35.7. The lowest BCUT2D eigenvalue weighted by Gasteiger charge is -2.22. The van der Waals surface area contributed by atoms with Crippen molar-refractivity contribution in [2.45, 2.75) is 347 Å². The van der Waals surface area contributed by atoms with Crippen molar-refractivity contribution >= 4 is 5.91 Å². The number of carbonyl (C=O) groups excluding carboxylic acids is 1. The maximum absolute atomic E-state index is 12.5. The second kappa shape index (κ2) is 63.1. The highest BCUT2D eigenvalue weighted by Gasteiger charge is 2.20. The normalized spacial score (nSPS) is 13.2. The highest BCUT2D eigenvalue weighted by Crippen LogP contribution is 2.18. The highest BCUT2D eigenvalue weighted by molar-refractivity contribution is 5.76. The summed E-state index contributed by atoms with van der Waals surface area (Å²) in [5, 5.41) is 23.4. The summed E-state index contributed by atoms with van der Waals surface area (Å²) in [4.78, 5) is 12.5. The zero-order chi connectivity index (χ0) is 52.0. The third-order valence-corrected chi connectivity index (χ3v) is 14.7. The molecule has 4 heteroatoms. The molecule has 0 saturated heterocycles. The molecule has 0 aliphatic heterocycles. The molecule has 0 radical (unpaired) electrons. The van der Waals surface area contributed by atoms with Crippen LogP contribution in [0.2, 0.25) is 0 Å². The van der Waals surface area contributed by atoms with E-state index in [2.05, 4.69) is 92.1 Å². The van der Waals surface area contributed by atoms with Crippen molar-refractivity contribution in [1.29, 1.82) is 0 Å². The standard InChI is InChI=1S/C68H125NO3/c1-3-5-7-9-11-13-15-17-19-21-23-25-27-29-31-33-34-36-38-40-42-44-46-48-50-52-54-56-58-60-62-64-68(72)69-66(65-70)67(71)63-61-59-57-55-53-51-49-47-45-43-41-39-37-35-32-30-28-26-24-22-20-18-16-14-12-10-8-6-4-2/h5,7,11,13,17,19,23,25,29,31,34,36,66-67,70-71H,3-4,6,8-10,12,14-16,18,20-22,24,26-28,30,32-33,35,37-65H2,1-2H3,(H,69,72)/b7-5-,13-11-,19-17-,25-23-,31-29-,36-34-. The van der Waals surface area contributed by atoms with Crippen molar-refractivity contribution in [3.05, 3.63) is 72.9 Å². The van der Waals surface area contributed by atoms with Gasteiger partial charge in [0, 0.05) is 6.42 Å². The van der Waals surface area contributed by atoms with E-state index < -0.39 is 12.1 Å². The van der Waals surface area contributed by atoms with Gasteiger partial charge >= 0.3 is 0 Å². The third kappa shape index (κ3) is 58.7. The first-order valence-electron chi connectivity index (χ1n) is 32.1. The van der Waals surface area contributed by atoms with Crippen LogP contribution in [0.25, 0.3) is 0 Å². The summed E-state index contributed by atoms with van der Waals surface area (Å²) in [6, 6.07) is -0.543. The molecular formula is C68H125NO3. The maximum Gasteiger partial charge on any atom is 0.220 e. The molecule has 0 spiro atoms. The van der Waals surface area contributed by atoms with Crippen LogP contribution in [0.5, 0.6) is 0 Å². The van der Waals surface area contributed by atoms with E-state index in [0.717, 1.165) is 64.2 Å². The van der Waals surface area contributed by atoms with Crippen molar-refractivity contribution in [2.24, 2.45) is 0 Å². The lowest BCUT2D eigenvalue weighted by atomic mass is 10.0. The lowest BCUT2D eigenvalue weighted by Crippen LogP contribution is -2.45. The molecule has 72 heavy (non-hydrogen) atoms. The van der Waals surface area contributed by atoms with E-state index in [4.69, 9.17) is 0 Å². The van der Waals surface area contributed by atoms with Crippen LogP contribution in [0, 0.1) is 0 Å². The molecule has 0 aromatic rings. The molecule has 0 heterocycles. The van der Waals surface area contributed by atoms with Crippen LogP contribution in [0.4, 0.5) is 0 Å². The van der Waals surface area contributed by atoms with Crippen molar-refractivity contribution < 1.29 is 15.0 Å². The lowest BCUT2D eigenvalue weighted by molar-refractivity contribution is -0.123. The van der Waals surface area contributed by atoms with Crippen molar-refractivity contribution in [1.82, 2.24) is 5.32 Å². The second-order valence-corrected chi connectivity index (χ2v) is 21.8. The summed E-state index contributed by atoms with van der Waals surface area (Å²) in [5.74, 6) is -0.0314. The Morgan fingerprint density at radius 3 is 0.917 bits per heavy atom.